The molecule has 2 rings (SSSR count). The lowest BCUT2D eigenvalue weighted by Crippen LogP contribution is -2.51. The first-order valence-corrected chi connectivity index (χ1v) is 10.8. The number of hydrogen-bond acceptors (Lipinski definition) is 4. The van der Waals surface area contributed by atoms with Gasteiger partial charge in [0.15, 0.2) is 0 Å². The number of sulfonamides is 1. The Bertz CT molecular complexity index is 726. The molecular weight excluding hydrogens is 350 g/mol. The molecule has 1 N–H and O–H groups in total. The maximum Gasteiger partial charge on any atom is 0.243 e. The molecule has 1 unspecified atom stereocenters. The largest absolute Gasteiger partial charge is 0.353 e. The first kappa shape index (κ1) is 20.9. The molecule has 1 heterocycles. The molecule has 1 atom stereocenters. The summed E-state index contributed by atoms with van der Waals surface area (Å²) < 4.78 is 27.4. The van der Waals surface area contributed by atoms with Crippen molar-refractivity contribution in [3.05, 3.63) is 29.3 Å². The van der Waals surface area contributed by atoms with E-state index < -0.39 is 10.0 Å². The van der Waals surface area contributed by atoms with Gasteiger partial charge in [0, 0.05) is 32.2 Å². The highest BCUT2D eigenvalue weighted by Gasteiger charge is 2.30. The van der Waals surface area contributed by atoms with Crippen molar-refractivity contribution < 1.29 is 13.2 Å². The molecule has 0 radical (unpaired) electrons. The van der Waals surface area contributed by atoms with Crippen LogP contribution in [0.1, 0.15) is 37.8 Å². The summed E-state index contributed by atoms with van der Waals surface area (Å²) >= 11 is 0. The second-order valence-electron chi connectivity index (χ2n) is 7.21. The Morgan fingerprint density at radius 3 is 2.46 bits per heavy atom. The fourth-order valence-corrected chi connectivity index (χ4v) is 5.01. The van der Waals surface area contributed by atoms with Crippen molar-refractivity contribution >= 4 is 15.9 Å². The van der Waals surface area contributed by atoms with Gasteiger partial charge in [0.05, 0.1) is 11.4 Å². The number of piperazine rings is 1. The molecule has 146 valence electrons. The van der Waals surface area contributed by atoms with Crippen molar-refractivity contribution in [2.45, 2.75) is 51.5 Å². The van der Waals surface area contributed by atoms with E-state index in [1.165, 1.54) is 4.31 Å². The molecule has 6 nitrogen and oxygen atoms in total. The van der Waals surface area contributed by atoms with Crippen molar-refractivity contribution in [1.29, 1.82) is 0 Å². The van der Waals surface area contributed by atoms with Crippen molar-refractivity contribution in [3.8, 4) is 0 Å². The van der Waals surface area contributed by atoms with Crippen molar-refractivity contribution in [2.75, 3.05) is 32.7 Å². The Balaban J connectivity index is 1.93. The van der Waals surface area contributed by atoms with Crippen molar-refractivity contribution in [2.24, 2.45) is 0 Å². The minimum absolute atomic E-state index is 0.0109. The zero-order chi connectivity index (χ0) is 19.3. The molecule has 0 aromatic heterocycles. The minimum atomic E-state index is -3.49. The van der Waals surface area contributed by atoms with E-state index in [0.29, 0.717) is 37.6 Å². The van der Waals surface area contributed by atoms with Gasteiger partial charge in [0.2, 0.25) is 15.9 Å². The van der Waals surface area contributed by atoms with E-state index >= 15 is 0 Å². The maximum atomic E-state index is 12.9. The van der Waals surface area contributed by atoms with Crippen LogP contribution in [-0.4, -0.2) is 62.3 Å². The molecule has 0 spiro atoms. The van der Waals surface area contributed by atoms with Crippen molar-refractivity contribution in [1.82, 2.24) is 14.5 Å². The van der Waals surface area contributed by atoms with Crippen LogP contribution >= 0.6 is 0 Å². The average molecular weight is 382 g/mol. The van der Waals surface area contributed by atoms with Gasteiger partial charge in [-0.25, -0.2) is 8.42 Å². The zero-order valence-corrected chi connectivity index (χ0v) is 17.1. The SMILES string of the molecule is CCCC(C)NC(=O)CN1CCN(S(=O)(=O)c2cc(C)ccc2C)CC1. The molecule has 0 saturated carbocycles. The number of carbonyl (C=O) groups is 1. The number of hydrogen-bond donors (Lipinski definition) is 1. The van der Waals surface area contributed by atoms with E-state index in [4.69, 9.17) is 0 Å². The third kappa shape index (κ3) is 5.28. The molecule has 0 bridgehead atoms. The van der Waals surface area contributed by atoms with E-state index in [9.17, 15) is 13.2 Å². The van der Waals surface area contributed by atoms with Gasteiger partial charge >= 0.3 is 0 Å². The van der Waals surface area contributed by atoms with Gasteiger partial charge in [-0.1, -0.05) is 25.5 Å². The third-order valence-electron chi connectivity index (χ3n) is 4.79. The number of amides is 1. The van der Waals surface area contributed by atoms with Gasteiger partial charge in [0.1, 0.15) is 0 Å². The summed E-state index contributed by atoms with van der Waals surface area (Å²) in [6.07, 6.45) is 2.00. The topological polar surface area (TPSA) is 69.7 Å². The molecule has 1 aromatic rings. The molecule has 1 aliphatic heterocycles. The standard InChI is InChI=1S/C19H31N3O3S/c1-5-6-17(4)20-19(23)14-21-9-11-22(12-10-21)26(24,25)18-13-15(2)7-8-16(18)3/h7-8,13,17H,5-6,9-12,14H2,1-4H3,(H,20,23). The van der Waals surface area contributed by atoms with E-state index in [2.05, 4.69) is 12.2 Å². The highest BCUT2D eigenvalue weighted by molar-refractivity contribution is 7.89. The molecule has 7 heteroatoms. The Morgan fingerprint density at radius 1 is 1.19 bits per heavy atom. The molecule has 1 aromatic carbocycles. The monoisotopic (exact) mass is 381 g/mol. The highest BCUT2D eigenvalue weighted by Crippen LogP contribution is 2.22. The van der Waals surface area contributed by atoms with Gasteiger partial charge < -0.3 is 5.32 Å². The summed E-state index contributed by atoms with van der Waals surface area (Å²) in [6, 6.07) is 5.68. The molecule has 1 fully saturated rings. The van der Waals surface area contributed by atoms with E-state index in [-0.39, 0.29) is 11.9 Å². The summed E-state index contributed by atoms with van der Waals surface area (Å²) in [7, 11) is -3.49. The maximum absolute atomic E-state index is 12.9. The second-order valence-corrected chi connectivity index (χ2v) is 9.11. The van der Waals surface area contributed by atoms with Crippen LogP contribution in [0.2, 0.25) is 0 Å². The lowest BCUT2D eigenvalue weighted by Gasteiger charge is -2.34. The Labute approximate surface area is 157 Å². The quantitative estimate of drug-likeness (QED) is 0.783. The van der Waals surface area contributed by atoms with Gasteiger partial charge in [-0.2, -0.15) is 4.31 Å². The van der Waals surface area contributed by atoms with Crippen molar-refractivity contribution in [3.63, 3.8) is 0 Å². The average Bonchev–Trinajstić information content (AvgIpc) is 2.57. The molecule has 26 heavy (non-hydrogen) atoms. The molecule has 1 saturated heterocycles. The lowest BCUT2D eigenvalue weighted by molar-refractivity contribution is -0.123. The van der Waals surface area contributed by atoms with Gasteiger partial charge in [-0.3, -0.25) is 9.69 Å². The molecule has 0 aliphatic carbocycles. The van der Waals surface area contributed by atoms with Crippen LogP contribution in [0, 0.1) is 13.8 Å². The summed E-state index contributed by atoms with van der Waals surface area (Å²) in [5.74, 6) is 0.0109. The highest BCUT2D eigenvalue weighted by atomic mass is 32.2. The fourth-order valence-electron chi connectivity index (χ4n) is 3.28. The minimum Gasteiger partial charge on any atom is -0.353 e. The molecule has 1 aliphatic rings. The Morgan fingerprint density at radius 2 is 1.85 bits per heavy atom. The first-order chi connectivity index (χ1) is 12.2. The smallest absolute Gasteiger partial charge is 0.243 e. The third-order valence-corrected chi connectivity index (χ3v) is 6.83. The number of aryl methyl sites for hydroxylation is 2. The summed E-state index contributed by atoms with van der Waals surface area (Å²) in [6.45, 7) is 10.1. The Hall–Kier alpha value is -1.44. The number of nitrogens with zero attached hydrogens (tertiary/aromatic N) is 2. The first-order valence-electron chi connectivity index (χ1n) is 9.33. The van der Waals surface area contributed by atoms with Crippen LogP contribution in [0.5, 0.6) is 0 Å². The number of rotatable bonds is 7. The second kappa shape index (κ2) is 8.97. The fraction of sp³-hybridized carbons (Fsp3) is 0.632. The van der Waals surface area contributed by atoms with Crippen LogP contribution in [0.4, 0.5) is 0 Å². The van der Waals surface area contributed by atoms with Crippen LogP contribution in [0.25, 0.3) is 0 Å². The van der Waals surface area contributed by atoms with Crippen LogP contribution in [-0.2, 0) is 14.8 Å². The van der Waals surface area contributed by atoms with Crippen LogP contribution in [0.15, 0.2) is 23.1 Å². The summed E-state index contributed by atoms with van der Waals surface area (Å²) in [4.78, 5) is 14.5. The van der Waals surface area contributed by atoms with Gasteiger partial charge in [-0.15, -0.1) is 0 Å². The predicted molar refractivity (Wildman–Crippen MR) is 104 cm³/mol. The van der Waals surface area contributed by atoms with Crippen LogP contribution in [0.3, 0.4) is 0 Å². The van der Waals surface area contributed by atoms with E-state index in [1.54, 1.807) is 6.07 Å². The van der Waals surface area contributed by atoms with E-state index in [0.717, 1.165) is 24.0 Å². The molecular formula is C19H31N3O3S. The summed E-state index contributed by atoms with van der Waals surface area (Å²) in [5.41, 5.74) is 1.70. The molecule has 1 amide bonds. The van der Waals surface area contributed by atoms with Gasteiger partial charge in [0.25, 0.3) is 0 Å². The normalized spacial score (nSPS) is 17.8. The summed E-state index contributed by atoms with van der Waals surface area (Å²) in [5, 5.41) is 3.00. The van der Waals surface area contributed by atoms with Gasteiger partial charge in [-0.05, 0) is 44.4 Å². The number of carbonyl (C=O) groups excluding carboxylic acids is 1. The number of benzene rings is 1. The van der Waals surface area contributed by atoms with E-state index in [1.807, 2.05) is 37.8 Å². The lowest BCUT2D eigenvalue weighted by atomic mass is 10.2. The predicted octanol–water partition coefficient (Wildman–Crippen LogP) is 1.91. The zero-order valence-electron chi connectivity index (χ0n) is 16.3. The Kier molecular flexibility index (Phi) is 7.20. The number of nitrogens with one attached hydrogen (secondary N) is 1. The van der Waals surface area contributed by atoms with Crippen LogP contribution < -0.4 is 5.32 Å².